The molecule has 2 N–H and O–H groups in total. The topological polar surface area (TPSA) is 41.1 Å². The summed E-state index contributed by atoms with van der Waals surface area (Å²) in [6.07, 6.45) is 8.55. The second-order valence-corrected chi connectivity index (χ2v) is 4.27. The van der Waals surface area contributed by atoms with E-state index in [9.17, 15) is 4.79 Å². The van der Waals surface area contributed by atoms with E-state index in [-0.39, 0.29) is 23.9 Å². The van der Waals surface area contributed by atoms with Gasteiger partial charge < -0.3 is 10.6 Å². The van der Waals surface area contributed by atoms with E-state index in [1.165, 1.54) is 12.8 Å². The second kappa shape index (κ2) is 4.88. The number of hydrogen-bond donors (Lipinski definition) is 2. The Morgan fingerprint density at radius 3 is 2.67 bits per heavy atom. The third-order valence-electron chi connectivity index (χ3n) is 3.15. The van der Waals surface area contributed by atoms with Gasteiger partial charge in [-0.05, 0) is 25.3 Å². The molecule has 0 radical (unpaired) electrons. The number of amides is 1. The van der Waals surface area contributed by atoms with Gasteiger partial charge in [0.15, 0.2) is 0 Å². The van der Waals surface area contributed by atoms with Crippen LogP contribution < -0.4 is 10.6 Å². The Morgan fingerprint density at radius 1 is 1.40 bits per heavy atom. The fourth-order valence-corrected chi connectivity index (χ4v) is 2.31. The van der Waals surface area contributed by atoms with Gasteiger partial charge in [0.25, 0.3) is 5.91 Å². The molecule has 2 aliphatic rings. The maximum Gasteiger partial charge on any atom is 0.251 e. The van der Waals surface area contributed by atoms with Gasteiger partial charge >= 0.3 is 0 Å². The van der Waals surface area contributed by atoms with Crippen molar-refractivity contribution in [3.05, 3.63) is 11.9 Å². The van der Waals surface area contributed by atoms with E-state index in [0.29, 0.717) is 0 Å². The van der Waals surface area contributed by atoms with Gasteiger partial charge in [0, 0.05) is 0 Å². The molecule has 0 aromatic rings. The zero-order valence-electron chi connectivity index (χ0n) is 9.14. The molecule has 1 aliphatic heterocycles. The third kappa shape index (κ3) is 2.28. The summed E-state index contributed by atoms with van der Waals surface area (Å²) in [7, 11) is 0. The molecule has 1 saturated carbocycles. The van der Waals surface area contributed by atoms with Crippen LogP contribution in [0.2, 0.25) is 0 Å². The van der Waals surface area contributed by atoms with E-state index in [1.807, 2.05) is 0 Å². The van der Waals surface area contributed by atoms with Crippen LogP contribution in [-0.4, -0.2) is 11.4 Å². The van der Waals surface area contributed by atoms with E-state index in [1.54, 1.807) is 0 Å². The molecule has 4 heteroatoms. The highest BCUT2D eigenvalue weighted by Gasteiger charge is 2.45. The standard InChI is InChI=1S/C11H18N2O.ClH/c1-2-3-6-9-12-10(14)11(13-9)7-4-5-8-11;/h6,13H,2-5,7-8H2,1H3,(H,12,14);1H/b9-6+;. The highest BCUT2D eigenvalue weighted by atomic mass is 35.5. The molecule has 3 nitrogen and oxygen atoms in total. The van der Waals surface area contributed by atoms with Crippen LogP contribution in [0.1, 0.15) is 45.4 Å². The van der Waals surface area contributed by atoms with E-state index >= 15 is 0 Å². The molecule has 1 spiro atoms. The first-order chi connectivity index (χ1) is 6.77. The first-order valence-corrected chi connectivity index (χ1v) is 5.57. The molecule has 1 heterocycles. The lowest BCUT2D eigenvalue weighted by atomic mass is 9.99. The van der Waals surface area contributed by atoms with E-state index in [0.717, 1.165) is 31.5 Å². The van der Waals surface area contributed by atoms with Crippen molar-refractivity contribution in [2.24, 2.45) is 0 Å². The molecule has 0 unspecified atom stereocenters. The van der Waals surface area contributed by atoms with Gasteiger partial charge in [-0.3, -0.25) is 4.79 Å². The van der Waals surface area contributed by atoms with Crippen LogP contribution in [0.3, 0.4) is 0 Å². The number of unbranched alkanes of at least 4 members (excludes halogenated alkanes) is 1. The minimum atomic E-state index is -0.250. The van der Waals surface area contributed by atoms with Crippen LogP contribution in [0.15, 0.2) is 11.9 Å². The van der Waals surface area contributed by atoms with Crippen molar-refractivity contribution >= 4 is 18.3 Å². The molecule has 1 saturated heterocycles. The van der Waals surface area contributed by atoms with Crippen LogP contribution in [-0.2, 0) is 4.79 Å². The van der Waals surface area contributed by atoms with Crippen LogP contribution in [0.4, 0.5) is 0 Å². The van der Waals surface area contributed by atoms with Crippen molar-refractivity contribution in [2.75, 3.05) is 0 Å². The molecule has 2 rings (SSSR count). The van der Waals surface area contributed by atoms with Crippen molar-refractivity contribution in [2.45, 2.75) is 51.0 Å². The minimum Gasteiger partial charge on any atom is -0.358 e. The van der Waals surface area contributed by atoms with Gasteiger partial charge in [-0.15, -0.1) is 12.4 Å². The normalized spacial score (nSPS) is 25.1. The fourth-order valence-electron chi connectivity index (χ4n) is 2.31. The highest BCUT2D eigenvalue weighted by molar-refractivity contribution is 5.91. The maximum absolute atomic E-state index is 11.8. The van der Waals surface area contributed by atoms with Gasteiger partial charge in [0.05, 0.1) is 0 Å². The highest BCUT2D eigenvalue weighted by Crippen LogP contribution is 2.33. The maximum atomic E-state index is 11.8. The average molecular weight is 231 g/mol. The number of allylic oxidation sites excluding steroid dienone is 1. The Morgan fingerprint density at radius 2 is 2.07 bits per heavy atom. The number of nitrogens with one attached hydrogen (secondary N) is 2. The number of carbonyl (C=O) groups excluding carboxylic acids is 1. The third-order valence-corrected chi connectivity index (χ3v) is 3.15. The molecule has 0 aromatic heterocycles. The van der Waals surface area contributed by atoms with Gasteiger partial charge in [-0.1, -0.05) is 26.2 Å². The molecule has 1 aliphatic carbocycles. The lowest BCUT2D eigenvalue weighted by Gasteiger charge is -2.19. The molecule has 15 heavy (non-hydrogen) atoms. The Kier molecular flexibility index (Phi) is 4.03. The van der Waals surface area contributed by atoms with Crippen molar-refractivity contribution in [1.82, 2.24) is 10.6 Å². The molecule has 0 aromatic carbocycles. The smallest absolute Gasteiger partial charge is 0.251 e. The Labute approximate surface area is 97.1 Å². The molecular weight excluding hydrogens is 212 g/mol. The first-order valence-electron chi connectivity index (χ1n) is 5.57. The molecule has 86 valence electrons. The summed E-state index contributed by atoms with van der Waals surface area (Å²) < 4.78 is 0. The van der Waals surface area contributed by atoms with Crippen molar-refractivity contribution in [1.29, 1.82) is 0 Å². The molecular formula is C11H19ClN2O. The zero-order chi connectivity index (χ0) is 10.0. The van der Waals surface area contributed by atoms with E-state index < -0.39 is 0 Å². The summed E-state index contributed by atoms with van der Waals surface area (Å²) >= 11 is 0. The van der Waals surface area contributed by atoms with Gasteiger partial charge in [-0.25, -0.2) is 0 Å². The first kappa shape index (κ1) is 12.4. The van der Waals surface area contributed by atoms with Crippen molar-refractivity contribution in [3.8, 4) is 0 Å². The number of carbonyl (C=O) groups is 1. The van der Waals surface area contributed by atoms with Crippen LogP contribution >= 0.6 is 12.4 Å². The van der Waals surface area contributed by atoms with Crippen molar-refractivity contribution < 1.29 is 4.79 Å². The zero-order valence-corrected chi connectivity index (χ0v) is 9.95. The Hall–Kier alpha value is -0.700. The lowest BCUT2D eigenvalue weighted by molar-refractivity contribution is -0.123. The van der Waals surface area contributed by atoms with Gasteiger partial charge in [-0.2, -0.15) is 0 Å². The lowest BCUT2D eigenvalue weighted by Crippen LogP contribution is -2.43. The summed E-state index contributed by atoms with van der Waals surface area (Å²) in [6, 6.07) is 0. The van der Waals surface area contributed by atoms with Crippen LogP contribution in [0, 0.1) is 0 Å². The van der Waals surface area contributed by atoms with E-state index in [2.05, 4.69) is 23.6 Å². The second-order valence-electron chi connectivity index (χ2n) is 4.27. The quantitative estimate of drug-likeness (QED) is 0.763. The molecule has 0 atom stereocenters. The Bertz CT molecular complexity index is 270. The predicted octanol–water partition coefficient (Wildman–Crippen LogP) is 2.08. The summed E-state index contributed by atoms with van der Waals surface area (Å²) in [5.74, 6) is 1.11. The van der Waals surface area contributed by atoms with Gasteiger partial charge in [0.2, 0.25) is 0 Å². The number of hydrogen-bond acceptors (Lipinski definition) is 2. The largest absolute Gasteiger partial charge is 0.358 e. The Balaban J connectivity index is 0.00000112. The number of rotatable bonds is 2. The summed E-state index contributed by atoms with van der Waals surface area (Å²) in [6.45, 7) is 2.14. The van der Waals surface area contributed by atoms with Crippen molar-refractivity contribution in [3.63, 3.8) is 0 Å². The average Bonchev–Trinajstić information content (AvgIpc) is 2.74. The monoisotopic (exact) mass is 230 g/mol. The summed E-state index contributed by atoms with van der Waals surface area (Å²) in [5.41, 5.74) is -0.250. The molecule has 1 amide bonds. The molecule has 0 bridgehead atoms. The summed E-state index contributed by atoms with van der Waals surface area (Å²) in [5, 5.41) is 6.28. The fraction of sp³-hybridized carbons (Fsp3) is 0.727. The summed E-state index contributed by atoms with van der Waals surface area (Å²) in [4.78, 5) is 11.8. The number of halogens is 1. The SMILES string of the molecule is CCC/C=C1\NC(=O)C2(CCCC2)N1.Cl. The van der Waals surface area contributed by atoms with Crippen LogP contribution in [0.5, 0.6) is 0 Å². The predicted molar refractivity (Wildman–Crippen MR) is 62.7 cm³/mol. The van der Waals surface area contributed by atoms with E-state index in [4.69, 9.17) is 0 Å². The van der Waals surface area contributed by atoms with Gasteiger partial charge in [0.1, 0.15) is 11.4 Å². The van der Waals surface area contributed by atoms with Crippen LogP contribution in [0.25, 0.3) is 0 Å². The minimum absolute atomic E-state index is 0. The molecule has 2 fully saturated rings.